The molecule has 0 radical (unpaired) electrons. The van der Waals surface area contributed by atoms with Gasteiger partial charge in [-0.1, -0.05) is 87.3 Å². The molecule has 39 heavy (non-hydrogen) atoms. The Bertz CT molecular complexity index is 1360. The lowest BCUT2D eigenvalue weighted by Gasteiger charge is -2.42. The number of benzene rings is 3. The molecule has 2 atom stereocenters. The van der Waals surface area contributed by atoms with Crippen LogP contribution in [0.2, 0.25) is 16.6 Å². The van der Waals surface area contributed by atoms with Crippen LogP contribution in [0.15, 0.2) is 76.1 Å². The molecule has 0 bridgehead atoms. The summed E-state index contributed by atoms with van der Waals surface area (Å²) in [6, 6.07) is 20.6. The lowest BCUT2D eigenvalue weighted by atomic mass is 9.92. The molecule has 0 spiro atoms. The van der Waals surface area contributed by atoms with E-state index in [0.29, 0.717) is 16.6 Å². The van der Waals surface area contributed by atoms with Crippen LogP contribution in [0.4, 0.5) is 0 Å². The van der Waals surface area contributed by atoms with E-state index in [1.165, 1.54) is 0 Å². The van der Waals surface area contributed by atoms with E-state index in [4.69, 9.17) is 13.3 Å². The summed E-state index contributed by atoms with van der Waals surface area (Å²) in [4.78, 5) is 0.146. The molecule has 0 saturated heterocycles. The van der Waals surface area contributed by atoms with Gasteiger partial charge in [-0.2, -0.15) is 8.42 Å². The number of rotatable bonds is 10. The molecule has 0 saturated carbocycles. The zero-order chi connectivity index (χ0) is 28.5. The van der Waals surface area contributed by atoms with Gasteiger partial charge in [-0.25, -0.2) is 0 Å². The summed E-state index contributed by atoms with van der Waals surface area (Å²) in [7, 11) is -6.00. The quantitative estimate of drug-likeness (QED) is 0.165. The Hall–Kier alpha value is -2.13. The van der Waals surface area contributed by atoms with Gasteiger partial charge < -0.3 is 9.16 Å². The molecule has 0 N–H and O–H groups in total. The standard InChI is InChI=1S/C31H39BrO5SSi/c1-20(2)39(21(3)4,22(5)6)37-26-13-10-24(11-14-26)31-29(28-18-25(32)12-17-30(28)36-31)19-35-38(33,34)27-15-8-23(7)9-16-27/h8-18,20-22,29,31H,19H2,1-7H3/t29-,31-/m0/s1. The fraction of sp³-hybridized carbons (Fsp3) is 0.419. The van der Waals surface area contributed by atoms with Gasteiger partial charge in [0.2, 0.25) is 0 Å². The van der Waals surface area contributed by atoms with Crippen molar-refractivity contribution in [1.29, 1.82) is 0 Å². The third kappa shape index (κ3) is 6.14. The van der Waals surface area contributed by atoms with E-state index in [-0.39, 0.29) is 23.5 Å². The maximum Gasteiger partial charge on any atom is 0.296 e. The SMILES string of the molecule is Cc1ccc(S(=O)(=O)OC[C@H]2c3cc(Br)ccc3O[C@H]2c2ccc(O[Si](C(C)C)(C(C)C)C(C)C)cc2)cc1. The van der Waals surface area contributed by atoms with Crippen LogP contribution < -0.4 is 9.16 Å². The number of ether oxygens (including phenoxy) is 1. The van der Waals surface area contributed by atoms with Crippen LogP contribution in [-0.4, -0.2) is 23.3 Å². The summed E-state index contributed by atoms with van der Waals surface area (Å²) >= 11 is 3.55. The number of hydrogen-bond acceptors (Lipinski definition) is 5. The van der Waals surface area contributed by atoms with Gasteiger partial charge >= 0.3 is 0 Å². The fourth-order valence-corrected chi connectivity index (χ4v) is 12.6. The second-order valence-electron chi connectivity index (χ2n) is 11.4. The average molecular weight is 632 g/mol. The summed E-state index contributed by atoms with van der Waals surface area (Å²) in [5.74, 6) is 1.30. The van der Waals surface area contributed by atoms with Crippen LogP contribution in [0.25, 0.3) is 0 Å². The number of fused-ring (bicyclic) bond motifs is 1. The Balaban J connectivity index is 1.61. The van der Waals surface area contributed by atoms with E-state index in [1.54, 1.807) is 24.3 Å². The maximum atomic E-state index is 13.0. The number of aryl methyl sites for hydroxylation is 1. The molecule has 1 aliphatic rings. The first-order chi connectivity index (χ1) is 18.3. The summed E-state index contributed by atoms with van der Waals surface area (Å²) in [5, 5.41) is 0. The fourth-order valence-electron chi connectivity index (χ4n) is 6.00. The molecule has 0 aromatic heterocycles. The Labute approximate surface area is 243 Å². The van der Waals surface area contributed by atoms with Gasteiger partial charge in [-0.15, -0.1) is 0 Å². The van der Waals surface area contributed by atoms with Gasteiger partial charge in [0.05, 0.1) is 17.4 Å². The Morgan fingerprint density at radius 1 is 0.872 bits per heavy atom. The van der Waals surface area contributed by atoms with Crippen molar-refractivity contribution >= 4 is 34.4 Å². The highest BCUT2D eigenvalue weighted by atomic mass is 79.9. The van der Waals surface area contributed by atoms with Gasteiger partial charge in [0, 0.05) is 10.0 Å². The molecule has 8 heteroatoms. The molecule has 3 aromatic rings. The van der Waals surface area contributed by atoms with Crippen LogP contribution in [0.1, 0.15) is 70.3 Å². The molecular formula is C31H39BrO5SSi. The van der Waals surface area contributed by atoms with Crippen molar-refractivity contribution in [3.8, 4) is 11.5 Å². The van der Waals surface area contributed by atoms with Crippen LogP contribution in [0.3, 0.4) is 0 Å². The lowest BCUT2D eigenvalue weighted by Crippen LogP contribution is -2.50. The van der Waals surface area contributed by atoms with Crippen LogP contribution in [0.5, 0.6) is 11.5 Å². The van der Waals surface area contributed by atoms with Crippen molar-refractivity contribution in [1.82, 2.24) is 0 Å². The minimum Gasteiger partial charge on any atom is -0.543 e. The van der Waals surface area contributed by atoms with E-state index >= 15 is 0 Å². The summed E-state index contributed by atoms with van der Waals surface area (Å²) in [6.45, 7) is 15.5. The van der Waals surface area contributed by atoms with E-state index < -0.39 is 18.4 Å². The Kier molecular flexibility index (Phi) is 9.01. The highest BCUT2D eigenvalue weighted by molar-refractivity contribution is 9.10. The molecule has 0 aliphatic carbocycles. The van der Waals surface area contributed by atoms with Crippen LogP contribution in [0, 0.1) is 6.92 Å². The van der Waals surface area contributed by atoms with Crippen molar-refractivity contribution in [2.45, 2.75) is 82.0 Å². The molecular weight excluding hydrogens is 592 g/mol. The van der Waals surface area contributed by atoms with E-state index in [2.05, 4.69) is 57.5 Å². The van der Waals surface area contributed by atoms with Crippen molar-refractivity contribution in [2.75, 3.05) is 6.61 Å². The first-order valence-electron chi connectivity index (χ1n) is 13.6. The molecule has 4 rings (SSSR count). The predicted molar refractivity (Wildman–Crippen MR) is 163 cm³/mol. The zero-order valence-corrected chi connectivity index (χ0v) is 27.2. The first kappa shape index (κ1) is 29.8. The molecule has 0 fully saturated rings. The zero-order valence-electron chi connectivity index (χ0n) is 23.8. The highest BCUT2D eigenvalue weighted by Gasteiger charge is 2.47. The highest BCUT2D eigenvalue weighted by Crippen LogP contribution is 2.48. The van der Waals surface area contributed by atoms with Gasteiger partial charge in [-0.05, 0) is 71.6 Å². The van der Waals surface area contributed by atoms with E-state index in [1.807, 2.05) is 49.4 Å². The normalized spacial score (nSPS) is 17.5. The molecule has 1 heterocycles. The third-order valence-corrected chi connectivity index (χ3v) is 15.7. The topological polar surface area (TPSA) is 61.8 Å². The van der Waals surface area contributed by atoms with Crippen molar-refractivity contribution in [2.24, 2.45) is 0 Å². The average Bonchev–Trinajstić information content (AvgIpc) is 3.23. The molecule has 5 nitrogen and oxygen atoms in total. The minimum atomic E-state index is -3.92. The summed E-state index contributed by atoms with van der Waals surface area (Å²) < 4.78 is 45.7. The molecule has 3 aromatic carbocycles. The molecule has 0 unspecified atom stereocenters. The predicted octanol–water partition coefficient (Wildman–Crippen LogP) is 8.93. The smallest absolute Gasteiger partial charge is 0.296 e. The largest absolute Gasteiger partial charge is 0.543 e. The minimum absolute atomic E-state index is 0.0351. The van der Waals surface area contributed by atoms with Crippen LogP contribution in [-0.2, 0) is 14.3 Å². The summed E-state index contributed by atoms with van der Waals surface area (Å²) in [6.07, 6.45) is -0.390. The van der Waals surface area contributed by atoms with E-state index in [0.717, 1.165) is 32.7 Å². The lowest BCUT2D eigenvalue weighted by molar-refractivity contribution is 0.172. The van der Waals surface area contributed by atoms with Gasteiger partial charge in [0.15, 0.2) is 0 Å². The second kappa shape index (κ2) is 11.8. The second-order valence-corrected chi connectivity index (χ2v) is 19.3. The molecule has 0 amide bonds. The van der Waals surface area contributed by atoms with E-state index in [9.17, 15) is 8.42 Å². The van der Waals surface area contributed by atoms with Crippen molar-refractivity contribution in [3.63, 3.8) is 0 Å². The van der Waals surface area contributed by atoms with Gasteiger partial charge in [0.25, 0.3) is 18.4 Å². The third-order valence-electron chi connectivity index (χ3n) is 7.91. The molecule has 210 valence electrons. The first-order valence-corrected chi connectivity index (χ1v) is 17.9. The van der Waals surface area contributed by atoms with Crippen molar-refractivity contribution < 1.29 is 21.8 Å². The summed E-state index contributed by atoms with van der Waals surface area (Å²) in [5.41, 5.74) is 4.27. The monoisotopic (exact) mass is 630 g/mol. The van der Waals surface area contributed by atoms with Crippen molar-refractivity contribution in [3.05, 3.63) is 87.9 Å². The van der Waals surface area contributed by atoms with Gasteiger partial charge in [-0.3, -0.25) is 4.18 Å². The number of halogens is 1. The number of hydrogen-bond donors (Lipinski definition) is 0. The maximum absolute atomic E-state index is 13.0. The Morgan fingerprint density at radius 2 is 1.46 bits per heavy atom. The molecule has 1 aliphatic heterocycles. The Morgan fingerprint density at radius 3 is 2.03 bits per heavy atom. The van der Waals surface area contributed by atoms with Crippen LogP contribution >= 0.6 is 15.9 Å². The van der Waals surface area contributed by atoms with Gasteiger partial charge in [0.1, 0.15) is 17.6 Å².